The lowest BCUT2D eigenvalue weighted by molar-refractivity contribution is -0.384. The molecule has 0 fully saturated rings. The highest BCUT2D eigenvalue weighted by molar-refractivity contribution is 5.85. The standard InChI is InChI=1S/C9H10N2O2.ClH/c12-11(13)9-2-1-8-6-10-4-3-7(8)5-9;/h1-2,5,10H,3-4,6H2;1H. The summed E-state index contributed by atoms with van der Waals surface area (Å²) in [5.41, 5.74) is 2.48. The maximum Gasteiger partial charge on any atom is 0.269 e. The van der Waals surface area contributed by atoms with E-state index < -0.39 is 0 Å². The second kappa shape index (κ2) is 4.39. The van der Waals surface area contributed by atoms with Gasteiger partial charge in [0.2, 0.25) is 0 Å². The molecule has 1 aromatic carbocycles. The van der Waals surface area contributed by atoms with Gasteiger partial charge in [0.05, 0.1) is 4.92 Å². The Morgan fingerprint density at radius 1 is 1.36 bits per heavy atom. The lowest BCUT2D eigenvalue weighted by atomic mass is 10.0. The summed E-state index contributed by atoms with van der Waals surface area (Å²) in [7, 11) is 0. The smallest absolute Gasteiger partial charge is 0.269 e. The van der Waals surface area contributed by atoms with Crippen LogP contribution in [-0.2, 0) is 13.0 Å². The summed E-state index contributed by atoms with van der Waals surface area (Å²) in [4.78, 5) is 10.1. The molecular weight excluding hydrogens is 204 g/mol. The minimum Gasteiger partial charge on any atom is -0.312 e. The number of hydrogen-bond donors (Lipinski definition) is 1. The highest BCUT2D eigenvalue weighted by Crippen LogP contribution is 2.20. The first-order valence-electron chi connectivity index (χ1n) is 4.24. The van der Waals surface area contributed by atoms with E-state index in [0.717, 1.165) is 25.1 Å². The summed E-state index contributed by atoms with van der Waals surface area (Å²) >= 11 is 0. The van der Waals surface area contributed by atoms with Crippen LogP contribution in [0.25, 0.3) is 0 Å². The molecule has 0 saturated carbocycles. The number of non-ortho nitro benzene ring substituents is 1. The van der Waals surface area contributed by atoms with E-state index in [1.165, 1.54) is 5.56 Å². The predicted octanol–water partition coefficient (Wildman–Crippen LogP) is 1.66. The summed E-state index contributed by atoms with van der Waals surface area (Å²) in [6, 6.07) is 5.07. The van der Waals surface area contributed by atoms with E-state index in [9.17, 15) is 10.1 Å². The van der Waals surface area contributed by atoms with Crippen LogP contribution in [0.5, 0.6) is 0 Å². The highest BCUT2D eigenvalue weighted by Gasteiger charge is 2.12. The van der Waals surface area contributed by atoms with Gasteiger partial charge in [0, 0.05) is 18.7 Å². The van der Waals surface area contributed by atoms with Crippen LogP contribution >= 0.6 is 12.4 Å². The van der Waals surface area contributed by atoms with Gasteiger partial charge in [0.25, 0.3) is 5.69 Å². The van der Waals surface area contributed by atoms with Crippen molar-refractivity contribution in [3.05, 3.63) is 39.4 Å². The summed E-state index contributed by atoms with van der Waals surface area (Å²) in [5.74, 6) is 0. The SMILES string of the molecule is Cl.O=[N+]([O-])c1ccc2c(c1)CCNC2. The van der Waals surface area contributed by atoms with E-state index >= 15 is 0 Å². The van der Waals surface area contributed by atoms with Crippen molar-refractivity contribution in [3.8, 4) is 0 Å². The van der Waals surface area contributed by atoms with Crippen molar-refractivity contribution in [2.45, 2.75) is 13.0 Å². The number of halogens is 1. The van der Waals surface area contributed by atoms with Crippen molar-refractivity contribution in [2.75, 3.05) is 6.54 Å². The van der Waals surface area contributed by atoms with Gasteiger partial charge in [-0.2, -0.15) is 0 Å². The average Bonchev–Trinajstić information content (AvgIpc) is 2.17. The van der Waals surface area contributed by atoms with Crippen molar-refractivity contribution in [1.29, 1.82) is 0 Å². The maximum absolute atomic E-state index is 10.5. The molecule has 0 saturated heterocycles. The number of fused-ring (bicyclic) bond motifs is 1. The normalized spacial score (nSPS) is 14.0. The Bertz CT molecular complexity index is 355. The second-order valence-corrected chi connectivity index (χ2v) is 3.14. The molecule has 2 rings (SSSR count). The van der Waals surface area contributed by atoms with E-state index in [4.69, 9.17) is 0 Å². The molecule has 1 aliphatic heterocycles. The molecule has 0 radical (unpaired) electrons. The molecule has 4 nitrogen and oxygen atoms in total. The van der Waals surface area contributed by atoms with Crippen LogP contribution in [0.3, 0.4) is 0 Å². The molecule has 76 valence electrons. The summed E-state index contributed by atoms with van der Waals surface area (Å²) < 4.78 is 0. The number of hydrogen-bond acceptors (Lipinski definition) is 3. The molecular formula is C9H11ClN2O2. The molecule has 0 aliphatic carbocycles. The number of benzene rings is 1. The number of nitro groups is 1. The van der Waals surface area contributed by atoms with Gasteiger partial charge < -0.3 is 5.32 Å². The molecule has 1 aromatic rings. The van der Waals surface area contributed by atoms with E-state index in [-0.39, 0.29) is 23.0 Å². The lowest BCUT2D eigenvalue weighted by Gasteiger charge is -2.15. The largest absolute Gasteiger partial charge is 0.312 e. The Morgan fingerprint density at radius 3 is 2.86 bits per heavy atom. The number of nitrogens with zero attached hydrogens (tertiary/aromatic N) is 1. The maximum atomic E-state index is 10.5. The van der Waals surface area contributed by atoms with Crippen LogP contribution in [0.4, 0.5) is 5.69 Å². The second-order valence-electron chi connectivity index (χ2n) is 3.14. The number of nitro benzene ring substituents is 1. The molecule has 0 atom stereocenters. The number of nitrogens with one attached hydrogen (secondary N) is 1. The molecule has 0 amide bonds. The fraction of sp³-hybridized carbons (Fsp3) is 0.333. The van der Waals surface area contributed by atoms with Gasteiger partial charge in [-0.1, -0.05) is 6.07 Å². The Labute approximate surface area is 87.9 Å². The first-order valence-corrected chi connectivity index (χ1v) is 4.24. The molecule has 0 bridgehead atoms. The highest BCUT2D eigenvalue weighted by atomic mass is 35.5. The van der Waals surface area contributed by atoms with E-state index in [0.29, 0.717) is 0 Å². The fourth-order valence-electron chi connectivity index (χ4n) is 1.58. The Balaban J connectivity index is 0.000000980. The Hall–Kier alpha value is -1.13. The van der Waals surface area contributed by atoms with Crippen LogP contribution in [-0.4, -0.2) is 11.5 Å². The zero-order valence-corrected chi connectivity index (χ0v) is 8.34. The third-order valence-electron chi connectivity index (χ3n) is 2.29. The summed E-state index contributed by atoms with van der Waals surface area (Å²) in [6.07, 6.45) is 0.886. The zero-order valence-electron chi connectivity index (χ0n) is 7.53. The topological polar surface area (TPSA) is 55.2 Å². The molecule has 0 aromatic heterocycles. The molecule has 0 spiro atoms. The summed E-state index contributed by atoms with van der Waals surface area (Å²) in [6.45, 7) is 1.74. The molecule has 1 aliphatic rings. The molecule has 5 heteroatoms. The Kier molecular flexibility index (Phi) is 3.43. The monoisotopic (exact) mass is 214 g/mol. The van der Waals surface area contributed by atoms with Gasteiger partial charge in [-0.05, 0) is 24.1 Å². The van der Waals surface area contributed by atoms with Gasteiger partial charge in [0.1, 0.15) is 0 Å². The van der Waals surface area contributed by atoms with Gasteiger partial charge in [0.15, 0.2) is 0 Å². The lowest BCUT2D eigenvalue weighted by Crippen LogP contribution is -2.23. The van der Waals surface area contributed by atoms with Crippen molar-refractivity contribution < 1.29 is 4.92 Å². The van der Waals surface area contributed by atoms with Crippen LogP contribution in [0.2, 0.25) is 0 Å². The van der Waals surface area contributed by atoms with Crippen molar-refractivity contribution in [1.82, 2.24) is 5.32 Å². The first kappa shape index (κ1) is 10.9. The van der Waals surface area contributed by atoms with Crippen LogP contribution in [0.15, 0.2) is 18.2 Å². The fourth-order valence-corrected chi connectivity index (χ4v) is 1.58. The minimum atomic E-state index is -0.345. The van der Waals surface area contributed by atoms with Crippen molar-refractivity contribution in [3.63, 3.8) is 0 Å². The van der Waals surface area contributed by atoms with E-state index in [1.54, 1.807) is 12.1 Å². The van der Waals surface area contributed by atoms with Crippen LogP contribution in [0, 0.1) is 10.1 Å². The molecule has 1 heterocycles. The van der Waals surface area contributed by atoms with Gasteiger partial charge in [-0.15, -0.1) is 12.4 Å². The Morgan fingerprint density at radius 2 is 2.14 bits per heavy atom. The predicted molar refractivity (Wildman–Crippen MR) is 55.8 cm³/mol. The van der Waals surface area contributed by atoms with Crippen LogP contribution < -0.4 is 5.32 Å². The van der Waals surface area contributed by atoms with Crippen molar-refractivity contribution in [2.24, 2.45) is 0 Å². The molecule has 0 unspecified atom stereocenters. The van der Waals surface area contributed by atoms with Crippen LogP contribution in [0.1, 0.15) is 11.1 Å². The molecule has 14 heavy (non-hydrogen) atoms. The summed E-state index contributed by atoms with van der Waals surface area (Å²) in [5, 5.41) is 13.7. The van der Waals surface area contributed by atoms with Gasteiger partial charge >= 0.3 is 0 Å². The van der Waals surface area contributed by atoms with E-state index in [1.807, 2.05) is 6.07 Å². The average molecular weight is 215 g/mol. The van der Waals surface area contributed by atoms with E-state index in [2.05, 4.69) is 5.32 Å². The first-order chi connectivity index (χ1) is 6.27. The minimum absolute atomic E-state index is 0. The molecule has 1 N–H and O–H groups in total. The number of rotatable bonds is 1. The third-order valence-corrected chi connectivity index (χ3v) is 2.29. The third kappa shape index (κ3) is 2.02. The quantitative estimate of drug-likeness (QED) is 0.572. The van der Waals surface area contributed by atoms with Gasteiger partial charge in [-0.3, -0.25) is 10.1 Å². The van der Waals surface area contributed by atoms with Crippen molar-refractivity contribution >= 4 is 18.1 Å². The zero-order chi connectivity index (χ0) is 9.26. The van der Waals surface area contributed by atoms with Gasteiger partial charge in [-0.25, -0.2) is 0 Å².